The van der Waals surface area contributed by atoms with Crippen LogP contribution in [0.2, 0.25) is 0 Å². The number of carbonyl (C=O) groups excluding carboxylic acids is 1. The molecule has 7 nitrogen and oxygen atoms in total. The standard InChI is InChI=1S/C21H17F3N4O3/c22-21(23,24)14-2-1-3-15(9-14)27-20(30)28-7-6-13-8-17(4-5-18(13)28)31-19-10-16(11-29)25-12-26-19/h1-5,8-10,12,29H,6-7,11H2,(H,27,30). The molecule has 1 aliphatic rings. The van der Waals surface area contributed by atoms with E-state index in [2.05, 4.69) is 15.3 Å². The van der Waals surface area contributed by atoms with Gasteiger partial charge in [-0.3, -0.25) is 4.90 Å². The number of aromatic nitrogens is 2. The van der Waals surface area contributed by atoms with Crippen molar-refractivity contribution < 1.29 is 27.8 Å². The van der Waals surface area contributed by atoms with Gasteiger partial charge in [-0.2, -0.15) is 13.2 Å². The molecule has 2 N–H and O–H groups in total. The maximum absolute atomic E-state index is 12.9. The van der Waals surface area contributed by atoms with Gasteiger partial charge >= 0.3 is 12.2 Å². The second-order valence-corrected chi connectivity index (χ2v) is 6.81. The summed E-state index contributed by atoms with van der Waals surface area (Å²) in [6.45, 7) is 0.144. The Labute approximate surface area is 175 Å². The number of urea groups is 1. The Bertz CT molecular complexity index is 1120. The van der Waals surface area contributed by atoms with E-state index in [1.165, 1.54) is 29.4 Å². The van der Waals surface area contributed by atoms with Crippen molar-refractivity contribution in [1.82, 2.24) is 9.97 Å². The van der Waals surface area contributed by atoms with E-state index in [1.54, 1.807) is 18.2 Å². The number of nitrogens with zero attached hydrogens (tertiary/aromatic N) is 3. The highest BCUT2D eigenvalue weighted by atomic mass is 19.4. The number of hydrogen-bond acceptors (Lipinski definition) is 5. The zero-order valence-electron chi connectivity index (χ0n) is 16.1. The molecule has 10 heteroatoms. The number of carbonyl (C=O) groups is 1. The number of aliphatic hydroxyl groups is 1. The lowest BCUT2D eigenvalue weighted by Gasteiger charge is -2.19. The van der Waals surface area contributed by atoms with Crippen molar-refractivity contribution in [3.8, 4) is 11.6 Å². The number of fused-ring (bicyclic) bond motifs is 1. The first-order valence-electron chi connectivity index (χ1n) is 9.32. The summed E-state index contributed by atoms with van der Waals surface area (Å²) in [5.41, 5.74) is 1.16. The van der Waals surface area contributed by atoms with E-state index in [0.29, 0.717) is 30.1 Å². The zero-order valence-corrected chi connectivity index (χ0v) is 16.1. The molecule has 0 radical (unpaired) electrons. The van der Waals surface area contributed by atoms with Gasteiger partial charge in [0.05, 0.1) is 17.9 Å². The largest absolute Gasteiger partial charge is 0.439 e. The van der Waals surface area contributed by atoms with E-state index >= 15 is 0 Å². The minimum atomic E-state index is -4.49. The van der Waals surface area contributed by atoms with Gasteiger partial charge in [0.1, 0.15) is 12.1 Å². The second-order valence-electron chi connectivity index (χ2n) is 6.81. The number of ether oxygens (including phenoxy) is 1. The quantitative estimate of drug-likeness (QED) is 0.642. The average molecular weight is 430 g/mol. The lowest BCUT2D eigenvalue weighted by Crippen LogP contribution is -2.33. The van der Waals surface area contributed by atoms with Crippen molar-refractivity contribution >= 4 is 17.4 Å². The monoisotopic (exact) mass is 430 g/mol. The van der Waals surface area contributed by atoms with Gasteiger partial charge in [-0.05, 0) is 48.4 Å². The van der Waals surface area contributed by atoms with Crippen LogP contribution in [0.5, 0.6) is 11.6 Å². The van der Waals surface area contributed by atoms with Crippen LogP contribution in [0.1, 0.15) is 16.8 Å². The van der Waals surface area contributed by atoms with Crippen molar-refractivity contribution in [3.05, 3.63) is 71.7 Å². The third-order valence-electron chi connectivity index (χ3n) is 4.72. The molecular weight excluding hydrogens is 413 g/mol. The summed E-state index contributed by atoms with van der Waals surface area (Å²) in [5, 5.41) is 11.7. The summed E-state index contributed by atoms with van der Waals surface area (Å²) in [6.07, 6.45) is -2.64. The number of halogens is 3. The number of alkyl halides is 3. The minimum Gasteiger partial charge on any atom is -0.439 e. The van der Waals surface area contributed by atoms with Gasteiger partial charge in [0, 0.05) is 24.0 Å². The highest BCUT2D eigenvalue weighted by Crippen LogP contribution is 2.34. The lowest BCUT2D eigenvalue weighted by molar-refractivity contribution is -0.137. The fourth-order valence-electron chi connectivity index (χ4n) is 3.26. The van der Waals surface area contributed by atoms with E-state index in [4.69, 9.17) is 9.84 Å². The van der Waals surface area contributed by atoms with Crippen LogP contribution in [0.4, 0.5) is 29.3 Å². The summed E-state index contributed by atoms with van der Waals surface area (Å²) in [4.78, 5) is 22.0. The molecule has 0 aliphatic carbocycles. The summed E-state index contributed by atoms with van der Waals surface area (Å²) in [5.74, 6) is 0.776. The van der Waals surface area contributed by atoms with Gasteiger partial charge in [-0.25, -0.2) is 14.8 Å². The molecule has 31 heavy (non-hydrogen) atoms. The maximum atomic E-state index is 12.9. The molecule has 0 atom stereocenters. The number of aliphatic hydroxyl groups excluding tert-OH is 1. The molecule has 2 amide bonds. The number of hydrogen-bond donors (Lipinski definition) is 2. The van der Waals surface area contributed by atoms with Crippen LogP contribution in [-0.4, -0.2) is 27.7 Å². The fourth-order valence-corrected chi connectivity index (χ4v) is 3.26. The van der Waals surface area contributed by atoms with Gasteiger partial charge in [0.15, 0.2) is 0 Å². The molecule has 2 aromatic carbocycles. The van der Waals surface area contributed by atoms with Crippen LogP contribution in [0.25, 0.3) is 0 Å². The smallest absolute Gasteiger partial charge is 0.416 e. The molecule has 0 saturated heterocycles. The molecule has 160 valence electrons. The Kier molecular flexibility index (Phi) is 5.47. The predicted molar refractivity (Wildman–Crippen MR) is 106 cm³/mol. The normalized spacial score (nSPS) is 13.1. The van der Waals surface area contributed by atoms with Gasteiger partial charge in [-0.1, -0.05) is 6.07 Å². The van der Waals surface area contributed by atoms with Crippen molar-refractivity contribution in [1.29, 1.82) is 0 Å². The number of nitrogens with one attached hydrogen (secondary N) is 1. The molecule has 0 bridgehead atoms. The molecule has 0 unspecified atom stereocenters. The summed E-state index contributed by atoms with van der Waals surface area (Å²) >= 11 is 0. The Morgan fingerprint density at radius 2 is 2.00 bits per heavy atom. The third-order valence-corrected chi connectivity index (χ3v) is 4.72. The van der Waals surface area contributed by atoms with E-state index in [-0.39, 0.29) is 18.2 Å². The first-order valence-corrected chi connectivity index (χ1v) is 9.32. The summed E-state index contributed by atoms with van der Waals surface area (Å²) < 4.78 is 44.3. The molecule has 4 rings (SSSR count). The number of benzene rings is 2. The van der Waals surface area contributed by atoms with Gasteiger partial charge in [0.2, 0.25) is 5.88 Å². The second kappa shape index (κ2) is 8.23. The van der Waals surface area contributed by atoms with Gasteiger partial charge < -0.3 is 15.2 Å². The first-order chi connectivity index (χ1) is 14.8. The Balaban J connectivity index is 1.48. The molecule has 1 aromatic heterocycles. The zero-order chi connectivity index (χ0) is 22.0. The highest BCUT2D eigenvalue weighted by Gasteiger charge is 2.31. The lowest BCUT2D eigenvalue weighted by atomic mass is 10.1. The highest BCUT2D eigenvalue weighted by molar-refractivity contribution is 6.03. The first kappa shape index (κ1) is 20.6. The van der Waals surface area contributed by atoms with Crippen LogP contribution < -0.4 is 15.0 Å². The minimum absolute atomic E-state index is 0.0664. The predicted octanol–water partition coefficient (Wildman–Crippen LogP) is 4.37. The van der Waals surface area contributed by atoms with Crippen molar-refractivity contribution in [2.45, 2.75) is 19.2 Å². The molecule has 1 aliphatic heterocycles. The third kappa shape index (κ3) is 4.58. The number of anilines is 2. The Morgan fingerprint density at radius 1 is 1.16 bits per heavy atom. The van der Waals surface area contributed by atoms with Crippen molar-refractivity contribution in [2.24, 2.45) is 0 Å². The van der Waals surface area contributed by atoms with E-state index < -0.39 is 17.8 Å². The Hall–Kier alpha value is -3.66. The van der Waals surface area contributed by atoms with Gasteiger partial charge in [-0.15, -0.1) is 0 Å². The van der Waals surface area contributed by atoms with E-state index in [9.17, 15) is 18.0 Å². The van der Waals surface area contributed by atoms with E-state index in [0.717, 1.165) is 17.7 Å². The summed E-state index contributed by atoms with van der Waals surface area (Å²) in [6, 6.07) is 10.6. The molecular formula is C21H17F3N4O3. The molecule has 0 saturated carbocycles. The topological polar surface area (TPSA) is 87.6 Å². The molecule has 2 heterocycles. The molecule has 3 aromatic rings. The van der Waals surface area contributed by atoms with Crippen LogP contribution in [-0.2, 0) is 19.2 Å². The SMILES string of the molecule is O=C(Nc1cccc(C(F)(F)F)c1)N1CCc2cc(Oc3cc(CO)ncn3)ccc21. The Morgan fingerprint density at radius 3 is 2.77 bits per heavy atom. The molecule has 0 spiro atoms. The average Bonchev–Trinajstić information content (AvgIpc) is 3.17. The number of rotatable bonds is 4. The molecule has 0 fully saturated rings. The van der Waals surface area contributed by atoms with Crippen LogP contribution in [0.3, 0.4) is 0 Å². The van der Waals surface area contributed by atoms with Crippen molar-refractivity contribution in [2.75, 3.05) is 16.8 Å². The van der Waals surface area contributed by atoms with Crippen LogP contribution >= 0.6 is 0 Å². The van der Waals surface area contributed by atoms with Crippen LogP contribution in [0.15, 0.2) is 54.9 Å². The summed E-state index contributed by atoms with van der Waals surface area (Å²) in [7, 11) is 0. The van der Waals surface area contributed by atoms with Crippen LogP contribution in [0, 0.1) is 0 Å². The maximum Gasteiger partial charge on any atom is 0.416 e. The van der Waals surface area contributed by atoms with Gasteiger partial charge in [0.25, 0.3) is 0 Å². The van der Waals surface area contributed by atoms with Crippen molar-refractivity contribution in [3.63, 3.8) is 0 Å². The van der Waals surface area contributed by atoms with E-state index in [1.807, 2.05) is 0 Å². The number of amides is 2. The fraction of sp³-hybridized carbons (Fsp3) is 0.190.